The third-order valence-corrected chi connectivity index (χ3v) is 1.99. The Hall–Kier alpha value is -2.22. The fraction of sp³-hybridized carbons (Fsp3) is 0.333. The topological polar surface area (TPSA) is 112 Å². The Morgan fingerprint density at radius 2 is 2.47 bits per heavy atom. The average Bonchev–Trinajstić information content (AvgIpc) is 2.86. The van der Waals surface area contributed by atoms with Crippen LogP contribution in [0.1, 0.15) is 5.89 Å². The van der Waals surface area contributed by atoms with Gasteiger partial charge in [-0.1, -0.05) is 5.16 Å². The SMILES string of the molecule is Cn1ccc(-c2noc(CNCC(N)=O)n2)n1. The molecule has 0 aromatic carbocycles. The van der Waals surface area contributed by atoms with Gasteiger partial charge in [-0.3, -0.25) is 14.8 Å². The summed E-state index contributed by atoms with van der Waals surface area (Å²) in [6.45, 7) is 0.365. The Morgan fingerprint density at radius 1 is 1.65 bits per heavy atom. The zero-order valence-electron chi connectivity index (χ0n) is 9.25. The number of nitrogens with two attached hydrogens (primary N) is 1. The normalized spacial score (nSPS) is 10.6. The molecule has 0 spiro atoms. The highest BCUT2D eigenvalue weighted by Crippen LogP contribution is 2.11. The number of rotatable bonds is 5. The molecule has 0 bridgehead atoms. The lowest BCUT2D eigenvalue weighted by Crippen LogP contribution is -2.28. The molecule has 17 heavy (non-hydrogen) atoms. The summed E-state index contributed by atoms with van der Waals surface area (Å²) in [5.74, 6) is 0.364. The number of hydrogen-bond donors (Lipinski definition) is 2. The van der Waals surface area contributed by atoms with Crippen LogP contribution in [0.4, 0.5) is 0 Å². The van der Waals surface area contributed by atoms with Crippen LogP contribution >= 0.6 is 0 Å². The van der Waals surface area contributed by atoms with Crippen LogP contribution in [-0.4, -0.2) is 32.4 Å². The van der Waals surface area contributed by atoms with Crippen LogP contribution in [0.2, 0.25) is 0 Å². The molecule has 2 rings (SSSR count). The van der Waals surface area contributed by atoms with Gasteiger partial charge < -0.3 is 10.3 Å². The van der Waals surface area contributed by atoms with Crippen molar-refractivity contribution in [1.29, 1.82) is 0 Å². The second kappa shape index (κ2) is 4.74. The van der Waals surface area contributed by atoms with E-state index in [-0.39, 0.29) is 6.54 Å². The van der Waals surface area contributed by atoms with Gasteiger partial charge in [-0.05, 0) is 6.07 Å². The van der Waals surface area contributed by atoms with Gasteiger partial charge in [0, 0.05) is 13.2 Å². The summed E-state index contributed by atoms with van der Waals surface area (Å²) in [5.41, 5.74) is 5.61. The fourth-order valence-corrected chi connectivity index (χ4v) is 1.26. The Kier molecular flexibility index (Phi) is 3.15. The highest BCUT2D eigenvalue weighted by atomic mass is 16.5. The first-order valence-corrected chi connectivity index (χ1v) is 4.97. The van der Waals surface area contributed by atoms with Crippen molar-refractivity contribution < 1.29 is 9.32 Å². The largest absolute Gasteiger partial charge is 0.369 e. The lowest BCUT2D eigenvalue weighted by molar-refractivity contribution is -0.117. The molecule has 0 aliphatic heterocycles. The van der Waals surface area contributed by atoms with Gasteiger partial charge in [0.25, 0.3) is 0 Å². The fourth-order valence-electron chi connectivity index (χ4n) is 1.26. The molecule has 8 nitrogen and oxygen atoms in total. The average molecular weight is 236 g/mol. The number of aromatic nitrogens is 4. The van der Waals surface area contributed by atoms with Crippen LogP contribution < -0.4 is 11.1 Å². The molecular weight excluding hydrogens is 224 g/mol. The highest BCUT2D eigenvalue weighted by molar-refractivity contribution is 5.75. The minimum absolute atomic E-state index is 0.0707. The van der Waals surface area contributed by atoms with Crippen LogP contribution in [0.5, 0.6) is 0 Å². The van der Waals surface area contributed by atoms with Crippen molar-refractivity contribution in [2.75, 3.05) is 6.54 Å². The van der Waals surface area contributed by atoms with Crippen LogP contribution in [0, 0.1) is 0 Å². The monoisotopic (exact) mass is 236 g/mol. The number of carbonyl (C=O) groups excluding carboxylic acids is 1. The first kappa shape index (κ1) is 11.3. The van der Waals surface area contributed by atoms with Crippen molar-refractivity contribution in [3.05, 3.63) is 18.2 Å². The molecule has 0 saturated carbocycles. The zero-order chi connectivity index (χ0) is 12.3. The van der Waals surface area contributed by atoms with E-state index in [4.69, 9.17) is 10.3 Å². The van der Waals surface area contributed by atoms with Crippen LogP contribution in [0.15, 0.2) is 16.8 Å². The van der Waals surface area contributed by atoms with E-state index in [2.05, 4.69) is 20.6 Å². The Balaban J connectivity index is 1.98. The van der Waals surface area contributed by atoms with Gasteiger partial charge in [-0.2, -0.15) is 10.1 Å². The molecule has 2 aromatic heterocycles. The highest BCUT2D eigenvalue weighted by Gasteiger charge is 2.10. The van der Waals surface area contributed by atoms with E-state index < -0.39 is 5.91 Å². The number of nitrogens with zero attached hydrogens (tertiary/aromatic N) is 4. The lowest BCUT2D eigenvalue weighted by atomic mass is 10.4. The Morgan fingerprint density at radius 3 is 3.12 bits per heavy atom. The van der Waals surface area contributed by atoms with Crippen molar-refractivity contribution in [3.63, 3.8) is 0 Å². The molecule has 2 aromatic rings. The summed E-state index contributed by atoms with van der Waals surface area (Å²) < 4.78 is 6.63. The zero-order valence-corrected chi connectivity index (χ0v) is 9.25. The molecule has 0 fully saturated rings. The smallest absolute Gasteiger partial charge is 0.240 e. The maximum atomic E-state index is 10.5. The van der Waals surface area contributed by atoms with Crippen LogP contribution in [0.25, 0.3) is 11.5 Å². The van der Waals surface area contributed by atoms with E-state index in [1.807, 2.05) is 0 Å². The molecule has 0 aliphatic rings. The summed E-state index contributed by atoms with van der Waals surface area (Å²) >= 11 is 0. The minimum Gasteiger partial charge on any atom is -0.369 e. The van der Waals surface area contributed by atoms with E-state index in [0.717, 1.165) is 0 Å². The first-order chi connectivity index (χ1) is 8.15. The number of amides is 1. The Bertz CT molecular complexity index is 517. The van der Waals surface area contributed by atoms with E-state index in [0.29, 0.717) is 24.0 Å². The van der Waals surface area contributed by atoms with Gasteiger partial charge in [0.05, 0.1) is 13.1 Å². The molecule has 0 radical (unpaired) electrons. The first-order valence-electron chi connectivity index (χ1n) is 4.97. The van der Waals surface area contributed by atoms with Gasteiger partial charge in [0.15, 0.2) is 0 Å². The third kappa shape index (κ3) is 2.88. The molecular formula is C9H12N6O2. The second-order valence-corrected chi connectivity index (χ2v) is 3.46. The minimum atomic E-state index is -0.436. The number of aryl methyl sites for hydroxylation is 1. The summed E-state index contributed by atoms with van der Waals surface area (Å²) in [7, 11) is 1.80. The van der Waals surface area contributed by atoms with Crippen molar-refractivity contribution in [3.8, 4) is 11.5 Å². The quantitative estimate of drug-likeness (QED) is 0.691. The second-order valence-electron chi connectivity index (χ2n) is 3.46. The van der Waals surface area contributed by atoms with Crippen molar-refractivity contribution in [2.45, 2.75) is 6.54 Å². The van der Waals surface area contributed by atoms with E-state index in [1.54, 1.807) is 24.0 Å². The summed E-state index contributed by atoms with van der Waals surface area (Å²) in [4.78, 5) is 14.6. The van der Waals surface area contributed by atoms with Gasteiger partial charge in [-0.15, -0.1) is 0 Å². The van der Waals surface area contributed by atoms with Gasteiger partial charge in [-0.25, -0.2) is 0 Å². The van der Waals surface area contributed by atoms with Gasteiger partial charge in [0.2, 0.25) is 17.6 Å². The van der Waals surface area contributed by atoms with E-state index in [1.165, 1.54) is 0 Å². The molecule has 0 atom stereocenters. The Labute approximate surface area is 96.8 Å². The molecule has 0 unspecified atom stereocenters. The molecule has 2 heterocycles. The van der Waals surface area contributed by atoms with Crippen LogP contribution in [-0.2, 0) is 18.4 Å². The van der Waals surface area contributed by atoms with E-state index in [9.17, 15) is 4.79 Å². The molecule has 3 N–H and O–H groups in total. The predicted octanol–water partition coefficient (Wildman–Crippen LogP) is -0.955. The maximum absolute atomic E-state index is 10.5. The summed E-state index contributed by atoms with van der Waals surface area (Å²) in [6.07, 6.45) is 1.79. The van der Waals surface area contributed by atoms with Crippen molar-refractivity contribution >= 4 is 5.91 Å². The number of nitrogens with one attached hydrogen (secondary N) is 1. The molecule has 0 aliphatic carbocycles. The lowest BCUT2D eigenvalue weighted by Gasteiger charge is -1.95. The van der Waals surface area contributed by atoms with Gasteiger partial charge in [0.1, 0.15) is 5.69 Å². The molecule has 1 amide bonds. The van der Waals surface area contributed by atoms with Gasteiger partial charge >= 0.3 is 0 Å². The van der Waals surface area contributed by atoms with Crippen molar-refractivity contribution in [2.24, 2.45) is 12.8 Å². The standard InChI is InChI=1S/C9H12N6O2/c1-15-3-2-6(13-15)9-12-8(17-14-9)5-11-4-7(10)16/h2-3,11H,4-5H2,1H3,(H2,10,16). The van der Waals surface area contributed by atoms with Crippen LogP contribution in [0.3, 0.4) is 0 Å². The molecule has 0 saturated heterocycles. The number of primary amides is 1. The predicted molar refractivity (Wildman–Crippen MR) is 57.4 cm³/mol. The third-order valence-electron chi connectivity index (χ3n) is 1.99. The van der Waals surface area contributed by atoms with Crippen molar-refractivity contribution in [1.82, 2.24) is 25.2 Å². The van der Waals surface area contributed by atoms with E-state index >= 15 is 0 Å². The molecule has 90 valence electrons. The number of carbonyl (C=O) groups is 1. The summed E-state index contributed by atoms with van der Waals surface area (Å²) in [6, 6.07) is 1.78. The maximum Gasteiger partial charge on any atom is 0.240 e. The molecule has 8 heteroatoms. The number of hydrogen-bond acceptors (Lipinski definition) is 6. The summed E-state index contributed by atoms with van der Waals surface area (Å²) in [5, 5.41) is 10.7.